The largest absolute Gasteiger partial charge is 0.369 e. The maximum atomic E-state index is 12.0. The summed E-state index contributed by atoms with van der Waals surface area (Å²) >= 11 is 0. The molecule has 0 aliphatic carbocycles. The number of aromatic nitrogens is 2. The summed E-state index contributed by atoms with van der Waals surface area (Å²) in [5.74, 6) is 0.654. The number of carbonyl (C=O) groups is 1. The second-order valence-electron chi connectivity index (χ2n) is 5.78. The quantitative estimate of drug-likeness (QED) is 0.921. The molecule has 22 heavy (non-hydrogen) atoms. The molecule has 0 saturated carbocycles. The molecule has 2 heterocycles. The third-order valence-electron chi connectivity index (χ3n) is 4.13. The molecule has 6 nitrogen and oxygen atoms in total. The van der Waals surface area contributed by atoms with Crippen LogP contribution in [0.2, 0.25) is 0 Å². The number of benzene rings is 1. The number of hydrogen-bond acceptors (Lipinski definition) is 4. The summed E-state index contributed by atoms with van der Waals surface area (Å²) in [5, 5.41) is 0. The molecule has 1 fully saturated rings. The lowest BCUT2D eigenvalue weighted by molar-refractivity contribution is -0.129. The molecule has 116 valence electrons. The van der Waals surface area contributed by atoms with Gasteiger partial charge < -0.3 is 20.1 Å². The fourth-order valence-corrected chi connectivity index (χ4v) is 2.72. The van der Waals surface area contributed by atoms with E-state index in [1.165, 1.54) is 5.56 Å². The van der Waals surface area contributed by atoms with Gasteiger partial charge in [0.2, 0.25) is 5.91 Å². The number of rotatable bonds is 3. The molecule has 0 bridgehead atoms. The van der Waals surface area contributed by atoms with Crippen LogP contribution in [0.25, 0.3) is 0 Å². The molecule has 1 aromatic carbocycles. The molecule has 1 aliphatic heterocycles. The van der Waals surface area contributed by atoms with Crippen molar-refractivity contribution in [1.29, 1.82) is 0 Å². The summed E-state index contributed by atoms with van der Waals surface area (Å²) in [7, 11) is 1.85. The molecule has 3 rings (SSSR count). The third-order valence-corrected chi connectivity index (χ3v) is 4.13. The van der Waals surface area contributed by atoms with Crippen LogP contribution in [0.5, 0.6) is 0 Å². The molecule has 0 radical (unpaired) electrons. The first-order valence-corrected chi connectivity index (χ1v) is 7.39. The van der Waals surface area contributed by atoms with Gasteiger partial charge in [0.25, 0.3) is 0 Å². The predicted octanol–water partition coefficient (Wildman–Crippen LogP) is 1.10. The molecule has 6 heteroatoms. The number of carbonyl (C=O) groups excluding carboxylic acids is 1. The zero-order chi connectivity index (χ0) is 15.7. The van der Waals surface area contributed by atoms with E-state index in [9.17, 15) is 4.79 Å². The van der Waals surface area contributed by atoms with Crippen molar-refractivity contribution in [3.63, 3.8) is 0 Å². The van der Waals surface area contributed by atoms with Crippen LogP contribution in [0.4, 0.5) is 11.6 Å². The molecule has 1 aliphatic rings. The van der Waals surface area contributed by atoms with E-state index < -0.39 is 0 Å². The number of piperazine rings is 1. The first-order chi connectivity index (χ1) is 10.5. The number of nitrogens with two attached hydrogens (primary N) is 1. The van der Waals surface area contributed by atoms with E-state index >= 15 is 0 Å². The summed E-state index contributed by atoms with van der Waals surface area (Å²) < 4.78 is 1.91. The van der Waals surface area contributed by atoms with Crippen molar-refractivity contribution in [2.45, 2.75) is 13.5 Å². The van der Waals surface area contributed by atoms with Gasteiger partial charge in [-0.1, -0.05) is 12.1 Å². The van der Waals surface area contributed by atoms with Gasteiger partial charge in [-0.3, -0.25) is 4.79 Å². The van der Waals surface area contributed by atoms with Gasteiger partial charge >= 0.3 is 0 Å². The Bertz CT molecular complexity index is 694. The fourth-order valence-electron chi connectivity index (χ4n) is 2.72. The molecule has 0 unspecified atom stereocenters. The number of aryl methyl sites for hydroxylation is 1. The molecule has 1 aromatic heterocycles. The predicted molar refractivity (Wildman–Crippen MR) is 86.8 cm³/mol. The Morgan fingerprint density at radius 1 is 1.32 bits per heavy atom. The zero-order valence-electron chi connectivity index (χ0n) is 13.0. The van der Waals surface area contributed by atoms with Gasteiger partial charge in [-0.05, 0) is 24.1 Å². The Morgan fingerprint density at radius 2 is 2.14 bits per heavy atom. The van der Waals surface area contributed by atoms with Crippen molar-refractivity contribution in [2.24, 2.45) is 0 Å². The second-order valence-corrected chi connectivity index (χ2v) is 5.78. The van der Waals surface area contributed by atoms with Crippen LogP contribution in [0, 0.1) is 6.92 Å². The third kappa shape index (κ3) is 2.77. The van der Waals surface area contributed by atoms with Crippen molar-refractivity contribution < 1.29 is 4.79 Å². The molecule has 2 aromatic rings. The van der Waals surface area contributed by atoms with Crippen LogP contribution in [0.1, 0.15) is 11.1 Å². The standard InChI is InChI=1S/C16H21N5O/c1-12-3-4-13(10-21-6-5-18-16(21)17)14(9-12)20-8-7-19(2)15(22)11-20/h3-6,9H,7-8,10-11H2,1-2H3,(H2,17,18). The van der Waals surface area contributed by atoms with Gasteiger partial charge in [-0.2, -0.15) is 0 Å². The number of nitrogens with zero attached hydrogens (tertiary/aromatic N) is 4. The molecule has 0 spiro atoms. The van der Waals surface area contributed by atoms with Gasteiger partial charge in [0.05, 0.1) is 13.1 Å². The van der Waals surface area contributed by atoms with Gasteiger partial charge in [-0.25, -0.2) is 4.98 Å². The minimum atomic E-state index is 0.154. The summed E-state index contributed by atoms with van der Waals surface area (Å²) in [6.07, 6.45) is 3.57. The van der Waals surface area contributed by atoms with Crippen molar-refractivity contribution in [3.05, 3.63) is 41.7 Å². The van der Waals surface area contributed by atoms with Crippen LogP contribution in [-0.2, 0) is 11.3 Å². The Kier molecular flexibility index (Phi) is 3.75. The van der Waals surface area contributed by atoms with Crippen LogP contribution in [-0.4, -0.2) is 47.0 Å². The van der Waals surface area contributed by atoms with Gasteiger partial charge in [-0.15, -0.1) is 0 Å². The number of amides is 1. The molecule has 1 amide bonds. The Morgan fingerprint density at radius 3 is 2.82 bits per heavy atom. The second kappa shape index (κ2) is 5.71. The minimum Gasteiger partial charge on any atom is -0.369 e. The van der Waals surface area contributed by atoms with Crippen molar-refractivity contribution in [3.8, 4) is 0 Å². The first-order valence-electron chi connectivity index (χ1n) is 7.39. The molecular formula is C16H21N5O. The molecule has 1 saturated heterocycles. The number of imidazole rings is 1. The van der Waals surface area contributed by atoms with Crippen molar-refractivity contribution in [2.75, 3.05) is 37.3 Å². The van der Waals surface area contributed by atoms with Gasteiger partial charge in [0, 0.05) is 38.2 Å². The summed E-state index contributed by atoms with van der Waals surface area (Å²) in [6.45, 7) is 4.74. The van der Waals surface area contributed by atoms with Crippen molar-refractivity contribution in [1.82, 2.24) is 14.5 Å². The highest BCUT2D eigenvalue weighted by molar-refractivity contribution is 5.83. The van der Waals surface area contributed by atoms with Crippen LogP contribution in [0.15, 0.2) is 30.6 Å². The Labute approximate surface area is 130 Å². The Balaban J connectivity index is 1.91. The topological polar surface area (TPSA) is 67.4 Å². The maximum Gasteiger partial charge on any atom is 0.241 e. The van der Waals surface area contributed by atoms with Gasteiger partial charge in [0.15, 0.2) is 5.95 Å². The smallest absolute Gasteiger partial charge is 0.241 e. The van der Waals surface area contributed by atoms with Crippen LogP contribution in [0.3, 0.4) is 0 Å². The number of hydrogen-bond donors (Lipinski definition) is 1. The van der Waals surface area contributed by atoms with E-state index in [0.717, 1.165) is 24.3 Å². The molecular weight excluding hydrogens is 278 g/mol. The summed E-state index contributed by atoms with van der Waals surface area (Å²) in [6, 6.07) is 6.33. The maximum absolute atomic E-state index is 12.0. The van der Waals surface area contributed by atoms with Crippen molar-refractivity contribution >= 4 is 17.5 Å². The minimum absolute atomic E-state index is 0.154. The van der Waals surface area contributed by atoms with Crippen LogP contribution >= 0.6 is 0 Å². The SMILES string of the molecule is Cc1ccc(Cn2ccnc2N)c(N2CCN(C)C(=O)C2)c1. The highest BCUT2D eigenvalue weighted by Gasteiger charge is 2.23. The molecule has 0 atom stereocenters. The van der Waals surface area contributed by atoms with E-state index in [-0.39, 0.29) is 5.91 Å². The summed E-state index contributed by atoms with van der Waals surface area (Å²) in [4.78, 5) is 20.0. The highest BCUT2D eigenvalue weighted by atomic mass is 16.2. The van der Waals surface area contributed by atoms with E-state index in [0.29, 0.717) is 19.0 Å². The van der Waals surface area contributed by atoms with Gasteiger partial charge in [0.1, 0.15) is 0 Å². The fraction of sp³-hybridized carbons (Fsp3) is 0.375. The Hall–Kier alpha value is -2.50. The van der Waals surface area contributed by atoms with E-state index in [2.05, 4.69) is 35.0 Å². The van der Waals surface area contributed by atoms with E-state index in [1.807, 2.05) is 17.8 Å². The highest BCUT2D eigenvalue weighted by Crippen LogP contribution is 2.25. The number of nitrogen functional groups attached to an aromatic ring is 1. The van der Waals surface area contributed by atoms with E-state index in [1.54, 1.807) is 11.1 Å². The number of anilines is 2. The molecule has 2 N–H and O–H groups in total. The average molecular weight is 299 g/mol. The average Bonchev–Trinajstić information content (AvgIpc) is 2.89. The van der Waals surface area contributed by atoms with Crippen LogP contribution < -0.4 is 10.6 Å². The monoisotopic (exact) mass is 299 g/mol. The lowest BCUT2D eigenvalue weighted by atomic mass is 10.1. The normalized spacial score (nSPS) is 15.5. The lowest BCUT2D eigenvalue weighted by Crippen LogP contribution is -2.48. The lowest BCUT2D eigenvalue weighted by Gasteiger charge is -2.35. The summed E-state index contributed by atoms with van der Waals surface area (Å²) in [5.41, 5.74) is 9.30. The first kappa shape index (κ1) is 14.4. The number of likely N-dealkylation sites (N-methyl/N-ethyl adjacent to an activating group) is 1. The zero-order valence-corrected chi connectivity index (χ0v) is 13.0. The van der Waals surface area contributed by atoms with E-state index in [4.69, 9.17) is 5.73 Å².